The molecule has 0 aliphatic heterocycles. The normalized spacial score (nSPS) is 11.6. The van der Waals surface area contributed by atoms with Gasteiger partial charge in [0.25, 0.3) is 5.69 Å². The fourth-order valence-corrected chi connectivity index (χ4v) is 1.48. The first-order chi connectivity index (χ1) is 7.97. The number of benzene rings is 1. The lowest BCUT2D eigenvalue weighted by Crippen LogP contribution is -2.29. The predicted octanol–water partition coefficient (Wildman–Crippen LogP) is 1.92. The van der Waals surface area contributed by atoms with Crippen molar-refractivity contribution >= 4 is 17.1 Å². The van der Waals surface area contributed by atoms with E-state index in [9.17, 15) is 10.1 Å². The van der Waals surface area contributed by atoms with E-state index in [2.05, 4.69) is 6.07 Å². The quantitative estimate of drug-likeness (QED) is 0.487. The Bertz CT molecular complexity index is 467. The maximum absolute atomic E-state index is 10.6. The molecular weight excluding hydrogens is 220 g/mol. The lowest BCUT2D eigenvalue weighted by molar-refractivity contribution is -0.384. The van der Waals surface area contributed by atoms with E-state index in [-0.39, 0.29) is 11.7 Å². The van der Waals surface area contributed by atoms with Gasteiger partial charge in [0.1, 0.15) is 0 Å². The Kier molecular flexibility index (Phi) is 3.88. The van der Waals surface area contributed by atoms with E-state index >= 15 is 0 Å². The highest BCUT2D eigenvalue weighted by atomic mass is 16.6. The minimum absolute atomic E-state index is 0.00348. The van der Waals surface area contributed by atoms with Crippen LogP contribution >= 0.6 is 0 Å². The van der Waals surface area contributed by atoms with Gasteiger partial charge in [-0.3, -0.25) is 10.1 Å². The van der Waals surface area contributed by atoms with E-state index in [1.54, 1.807) is 13.1 Å². The van der Waals surface area contributed by atoms with Crippen molar-refractivity contribution in [2.24, 2.45) is 0 Å². The van der Waals surface area contributed by atoms with Crippen LogP contribution in [0, 0.1) is 21.4 Å². The Balaban J connectivity index is 3.00. The second-order valence-electron chi connectivity index (χ2n) is 3.82. The van der Waals surface area contributed by atoms with E-state index < -0.39 is 4.92 Å². The molecule has 0 aromatic heterocycles. The van der Waals surface area contributed by atoms with Gasteiger partial charge >= 0.3 is 0 Å². The molecule has 6 heteroatoms. The molecule has 0 saturated carbocycles. The summed E-state index contributed by atoms with van der Waals surface area (Å²) < 4.78 is 0. The molecule has 0 aliphatic rings. The van der Waals surface area contributed by atoms with Crippen molar-refractivity contribution in [3.05, 3.63) is 28.3 Å². The summed E-state index contributed by atoms with van der Waals surface area (Å²) in [6.07, 6.45) is 0.368. The zero-order valence-electron chi connectivity index (χ0n) is 9.75. The van der Waals surface area contributed by atoms with Crippen molar-refractivity contribution < 1.29 is 4.92 Å². The van der Waals surface area contributed by atoms with Gasteiger partial charge in [-0.25, -0.2) is 0 Å². The number of hydrogen-bond acceptors (Lipinski definition) is 5. The van der Waals surface area contributed by atoms with Gasteiger partial charge in [0.05, 0.1) is 28.8 Å². The third kappa shape index (κ3) is 2.84. The van der Waals surface area contributed by atoms with Crippen molar-refractivity contribution in [2.75, 3.05) is 17.7 Å². The molecule has 90 valence electrons. The van der Waals surface area contributed by atoms with E-state index in [0.29, 0.717) is 17.8 Å². The molecule has 0 spiro atoms. The molecule has 1 aromatic carbocycles. The number of nitro benzene ring substituents is 1. The first-order valence-corrected chi connectivity index (χ1v) is 5.11. The Morgan fingerprint density at radius 1 is 1.65 bits per heavy atom. The summed E-state index contributed by atoms with van der Waals surface area (Å²) in [6.45, 7) is 1.89. The van der Waals surface area contributed by atoms with Crippen LogP contribution in [-0.2, 0) is 0 Å². The molecule has 0 aliphatic carbocycles. The summed E-state index contributed by atoms with van der Waals surface area (Å²) in [6, 6.07) is 6.41. The number of rotatable bonds is 4. The number of hydrogen-bond donors (Lipinski definition) is 1. The number of nitro groups is 1. The third-order valence-electron chi connectivity index (χ3n) is 2.65. The molecule has 0 amide bonds. The monoisotopic (exact) mass is 234 g/mol. The molecule has 0 heterocycles. The van der Waals surface area contributed by atoms with Crippen molar-refractivity contribution in [2.45, 2.75) is 19.4 Å². The minimum atomic E-state index is -0.487. The van der Waals surface area contributed by atoms with E-state index in [1.807, 2.05) is 11.8 Å². The fourth-order valence-electron chi connectivity index (χ4n) is 1.48. The maximum Gasteiger partial charge on any atom is 0.271 e. The molecule has 1 atom stereocenters. The maximum atomic E-state index is 10.6. The average Bonchev–Trinajstić information content (AvgIpc) is 2.28. The topological polar surface area (TPSA) is 96.2 Å². The van der Waals surface area contributed by atoms with E-state index in [4.69, 9.17) is 11.0 Å². The summed E-state index contributed by atoms with van der Waals surface area (Å²) in [4.78, 5) is 11.9. The van der Waals surface area contributed by atoms with Crippen LogP contribution in [0.25, 0.3) is 0 Å². The average molecular weight is 234 g/mol. The summed E-state index contributed by atoms with van der Waals surface area (Å²) in [5.74, 6) is 0. The van der Waals surface area contributed by atoms with Crippen molar-refractivity contribution in [3.8, 4) is 6.07 Å². The van der Waals surface area contributed by atoms with Crippen molar-refractivity contribution in [1.82, 2.24) is 0 Å². The molecule has 0 radical (unpaired) electrons. The fraction of sp³-hybridized carbons (Fsp3) is 0.364. The second-order valence-corrected chi connectivity index (χ2v) is 3.82. The molecule has 0 bridgehead atoms. The standard InChI is InChI=1S/C11H14N4O2/c1-8(5-6-12)14(2)11-4-3-9(15(16)17)7-10(11)13/h3-4,7-8H,5,13H2,1-2H3. The van der Waals surface area contributed by atoms with Gasteiger partial charge in [0.15, 0.2) is 0 Å². The molecule has 2 N–H and O–H groups in total. The van der Waals surface area contributed by atoms with Gasteiger partial charge < -0.3 is 10.6 Å². The van der Waals surface area contributed by atoms with Crippen LogP contribution in [0.15, 0.2) is 18.2 Å². The third-order valence-corrected chi connectivity index (χ3v) is 2.65. The highest BCUT2D eigenvalue weighted by Gasteiger charge is 2.15. The minimum Gasteiger partial charge on any atom is -0.397 e. The van der Waals surface area contributed by atoms with Crippen LogP contribution < -0.4 is 10.6 Å². The summed E-state index contributed by atoms with van der Waals surface area (Å²) in [5.41, 5.74) is 6.76. The Morgan fingerprint density at radius 2 is 2.29 bits per heavy atom. The van der Waals surface area contributed by atoms with Crippen LogP contribution in [0.3, 0.4) is 0 Å². The second kappa shape index (κ2) is 5.16. The van der Waals surface area contributed by atoms with E-state index in [1.165, 1.54) is 12.1 Å². The molecule has 1 aromatic rings. The van der Waals surface area contributed by atoms with Gasteiger partial charge in [0, 0.05) is 25.2 Å². The van der Waals surface area contributed by atoms with Crippen LogP contribution in [-0.4, -0.2) is 18.0 Å². The van der Waals surface area contributed by atoms with Crippen LogP contribution in [0.5, 0.6) is 0 Å². The van der Waals surface area contributed by atoms with E-state index in [0.717, 1.165) is 0 Å². The summed E-state index contributed by atoms with van der Waals surface area (Å²) >= 11 is 0. The highest BCUT2D eigenvalue weighted by Crippen LogP contribution is 2.28. The number of nitrogens with zero attached hydrogens (tertiary/aromatic N) is 3. The molecule has 1 unspecified atom stereocenters. The number of nitrogen functional groups attached to an aromatic ring is 1. The number of non-ortho nitro benzene ring substituents is 1. The van der Waals surface area contributed by atoms with Crippen molar-refractivity contribution in [1.29, 1.82) is 5.26 Å². The van der Waals surface area contributed by atoms with Gasteiger partial charge in [-0.15, -0.1) is 0 Å². The molecule has 0 fully saturated rings. The summed E-state index contributed by atoms with van der Waals surface area (Å²) in [7, 11) is 1.81. The molecule has 0 saturated heterocycles. The SMILES string of the molecule is CC(CC#N)N(C)c1ccc([N+](=O)[O-])cc1N. The first kappa shape index (κ1) is 12.8. The van der Waals surface area contributed by atoms with Crippen LogP contribution in [0.1, 0.15) is 13.3 Å². The first-order valence-electron chi connectivity index (χ1n) is 5.11. The molecule has 17 heavy (non-hydrogen) atoms. The predicted molar refractivity (Wildman–Crippen MR) is 65.6 cm³/mol. The zero-order chi connectivity index (χ0) is 13.0. The number of nitrogens with two attached hydrogens (primary N) is 1. The lowest BCUT2D eigenvalue weighted by atomic mass is 10.1. The highest BCUT2D eigenvalue weighted by molar-refractivity contribution is 5.70. The zero-order valence-corrected chi connectivity index (χ0v) is 9.75. The van der Waals surface area contributed by atoms with Gasteiger partial charge in [-0.05, 0) is 13.0 Å². The Morgan fingerprint density at radius 3 is 2.76 bits per heavy atom. The smallest absolute Gasteiger partial charge is 0.271 e. The largest absolute Gasteiger partial charge is 0.397 e. The van der Waals surface area contributed by atoms with Gasteiger partial charge in [-0.2, -0.15) is 5.26 Å². The summed E-state index contributed by atoms with van der Waals surface area (Å²) in [5, 5.41) is 19.2. The number of anilines is 2. The molecule has 6 nitrogen and oxygen atoms in total. The molecular formula is C11H14N4O2. The Hall–Kier alpha value is -2.29. The van der Waals surface area contributed by atoms with Gasteiger partial charge in [-0.1, -0.05) is 0 Å². The molecule has 1 rings (SSSR count). The lowest BCUT2D eigenvalue weighted by Gasteiger charge is -2.26. The van der Waals surface area contributed by atoms with Crippen LogP contribution in [0.2, 0.25) is 0 Å². The van der Waals surface area contributed by atoms with Gasteiger partial charge in [0.2, 0.25) is 0 Å². The van der Waals surface area contributed by atoms with Crippen molar-refractivity contribution in [3.63, 3.8) is 0 Å². The number of nitriles is 1. The van der Waals surface area contributed by atoms with Crippen LogP contribution in [0.4, 0.5) is 17.1 Å². The Labute approximate surface area is 99.4 Å².